The van der Waals surface area contributed by atoms with Crippen LogP contribution in [0, 0.1) is 5.92 Å². The van der Waals surface area contributed by atoms with Crippen LogP contribution in [0.15, 0.2) is 21.5 Å². The molecule has 0 N–H and O–H groups in total. The molecule has 1 amide bonds. The predicted molar refractivity (Wildman–Crippen MR) is 102 cm³/mol. The maximum Gasteiger partial charge on any atom is 0.266 e. The third-order valence-electron chi connectivity index (χ3n) is 4.40. The van der Waals surface area contributed by atoms with E-state index < -0.39 is 17.9 Å². The number of carbonyl (C=O) groups is 2. The van der Waals surface area contributed by atoms with Crippen LogP contribution in [-0.2, 0) is 9.59 Å². The molecule has 134 valence electrons. The zero-order valence-corrected chi connectivity index (χ0v) is 16.3. The van der Waals surface area contributed by atoms with E-state index >= 15 is 0 Å². The van der Waals surface area contributed by atoms with Crippen LogP contribution in [0.25, 0.3) is 6.08 Å². The highest BCUT2D eigenvalue weighted by Gasteiger charge is 2.38. The SMILES string of the molecule is CSCC[C@@H](C(=O)[O-])N1C(=O)/C(=C/c2ccc([C@H]3C[C@@H]3C)o2)SC1=S. The molecule has 0 spiro atoms. The van der Waals surface area contributed by atoms with Gasteiger partial charge in [0.05, 0.1) is 16.9 Å². The fraction of sp³-hybridized carbons (Fsp3) is 0.471. The summed E-state index contributed by atoms with van der Waals surface area (Å²) in [5.74, 6) is 1.54. The van der Waals surface area contributed by atoms with Crippen LogP contribution in [-0.4, -0.2) is 39.1 Å². The number of thiocarbonyl (C=S) groups is 1. The van der Waals surface area contributed by atoms with Gasteiger partial charge in [0.15, 0.2) is 0 Å². The molecule has 1 aliphatic carbocycles. The minimum absolute atomic E-state index is 0.245. The van der Waals surface area contributed by atoms with Gasteiger partial charge in [0, 0.05) is 12.0 Å². The van der Waals surface area contributed by atoms with Gasteiger partial charge in [0.1, 0.15) is 15.8 Å². The molecule has 1 aromatic rings. The van der Waals surface area contributed by atoms with Crippen molar-refractivity contribution in [3.63, 3.8) is 0 Å². The summed E-state index contributed by atoms with van der Waals surface area (Å²) in [6.07, 6.45) is 4.94. The van der Waals surface area contributed by atoms with E-state index in [9.17, 15) is 14.7 Å². The van der Waals surface area contributed by atoms with Crippen molar-refractivity contribution in [2.24, 2.45) is 5.92 Å². The quantitative estimate of drug-likeness (QED) is 0.518. The smallest absolute Gasteiger partial charge is 0.266 e. The van der Waals surface area contributed by atoms with E-state index in [-0.39, 0.29) is 4.32 Å². The third-order valence-corrected chi connectivity index (χ3v) is 6.37. The zero-order chi connectivity index (χ0) is 18.1. The molecule has 8 heteroatoms. The Morgan fingerprint density at radius 3 is 2.92 bits per heavy atom. The summed E-state index contributed by atoms with van der Waals surface area (Å²) in [6.45, 7) is 2.17. The van der Waals surface area contributed by atoms with E-state index in [1.807, 2.05) is 18.4 Å². The fourth-order valence-electron chi connectivity index (χ4n) is 2.82. The molecule has 1 aliphatic heterocycles. The number of carboxylic acids is 1. The largest absolute Gasteiger partial charge is 0.548 e. The second-order valence-corrected chi connectivity index (χ2v) is 8.89. The average molecular weight is 397 g/mol. The lowest BCUT2D eigenvalue weighted by atomic mass is 10.2. The van der Waals surface area contributed by atoms with Crippen molar-refractivity contribution in [3.05, 3.63) is 28.6 Å². The molecule has 0 unspecified atom stereocenters. The second kappa shape index (κ2) is 7.55. The van der Waals surface area contributed by atoms with Gasteiger partial charge in [0.2, 0.25) is 0 Å². The third kappa shape index (κ3) is 3.96. The molecule has 5 nitrogen and oxygen atoms in total. The van der Waals surface area contributed by atoms with Gasteiger partial charge in [-0.2, -0.15) is 11.8 Å². The number of hydrogen-bond acceptors (Lipinski definition) is 7. The predicted octanol–water partition coefficient (Wildman–Crippen LogP) is 2.48. The molecule has 2 fully saturated rings. The number of amides is 1. The molecule has 0 bridgehead atoms. The summed E-state index contributed by atoms with van der Waals surface area (Å²) in [4.78, 5) is 25.6. The maximum atomic E-state index is 12.6. The van der Waals surface area contributed by atoms with Crippen molar-refractivity contribution in [1.29, 1.82) is 0 Å². The monoisotopic (exact) mass is 396 g/mol. The van der Waals surface area contributed by atoms with Gasteiger partial charge in [-0.05, 0) is 42.9 Å². The molecule has 1 saturated heterocycles. The molecule has 2 heterocycles. The lowest BCUT2D eigenvalue weighted by Gasteiger charge is -2.27. The minimum Gasteiger partial charge on any atom is -0.548 e. The molecule has 0 radical (unpaired) electrons. The number of aliphatic carboxylic acids is 1. The topological polar surface area (TPSA) is 73.6 Å². The van der Waals surface area contributed by atoms with Gasteiger partial charge in [-0.25, -0.2) is 0 Å². The highest BCUT2D eigenvalue weighted by atomic mass is 32.2. The fourth-order valence-corrected chi connectivity index (χ4v) is 4.62. The molecule has 0 aromatic carbocycles. The molecule has 2 aliphatic rings. The Morgan fingerprint density at radius 1 is 1.60 bits per heavy atom. The van der Waals surface area contributed by atoms with Crippen LogP contribution >= 0.6 is 35.7 Å². The maximum absolute atomic E-state index is 12.6. The molecule has 1 saturated carbocycles. The Hall–Kier alpha value is -1.25. The summed E-state index contributed by atoms with van der Waals surface area (Å²) in [6, 6.07) is 2.73. The second-order valence-electron chi connectivity index (χ2n) is 6.23. The van der Waals surface area contributed by atoms with Gasteiger partial charge >= 0.3 is 0 Å². The number of rotatable bonds is 7. The first-order valence-electron chi connectivity index (χ1n) is 7.99. The Morgan fingerprint density at radius 2 is 2.32 bits per heavy atom. The lowest BCUT2D eigenvalue weighted by Crippen LogP contribution is -2.50. The van der Waals surface area contributed by atoms with Crippen LogP contribution in [0.3, 0.4) is 0 Å². The standard InChI is InChI=1S/C17H19NO4S3/c1-9-7-11(9)13-4-3-10(22-13)8-14-15(19)18(17(23)25-14)12(16(20)21)5-6-24-2/h3-4,8-9,11-12H,5-7H2,1-2H3,(H,20,21)/p-1/b14-8-/t9-,11-,12-/m0/s1. The number of hydrogen-bond donors (Lipinski definition) is 0. The van der Waals surface area contributed by atoms with Gasteiger partial charge in [-0.1, -0.05) is 30.9 Å². The first-order chi connectivity index (χ1) is 11.9. The van der Waals surface area contributed by atoms with E-state index in [0.29, 0.717) is 34.7 Å². The molecule has 3 rings (SSSR count). The van der Waals surface area contributed by atoms with Crippen molar-refractivity contribution in [2.75, 3.05) is 12.0 Å². The first kappa shape index (κ1) is 18.5. The van der Waals surface area contributed by atoms with Crippen molar-refractivity contribution in [1.82, 2.24) is 4.90 Å². The number of furan rings is 1. The van der Waals surface area contributed by atoms with Crippen LogP contribution in [0.4, 0.5) is 0 Å². The van der Waals surface area contributed by atoms with Gasteiger partial charge in [0.25, 0.3) is 5.91 Å². The van der Waals surface area contributed by atoms with Crippen molar-refractivity contribution < 1.29 is 19.1 Å². The highest BCUT2D eigenvalue weighted by molar-refractivity contribution is 8.26. The van der Waals surface area contributed by atoms with Gasteiger partial charge in [-0.15, -0.1) is 0 Å². The number of thioether (sulfide) groups is 2. The minimum atomic E-state index is -1.28. The number of carbonyl (C=O) groups excluding carboxylic acids is 2. The zero-order valence-electron chi connectivity index (χ0n) is 13.9. The Balaban J connectivity index is 1.77. The van der Waals surface area contributed by atoms with Crippen LogP contribution in [0.2, 0.25) is 0 Å². The summed E-state index contributed by atoms with van der Waals surface area (Å²) < 4.78 is 6.04. The summed E-state index contributed by atoms with van der Waals surface area (Å²) >= 11 is 7.84. The van der Waals surface area contributed by atoms with Crippen LogP contribution in [0.5, 0.6) is 0 Å². The summed E-state index contributed by atoms with van der Waals surface area (Å²) in [5.41, 5.74) is 0. The van der Waals surface area contributed by atoms with E-state index in [1.54, 1.807) is 6.08 Å². The van der Waals surface area contributed by atoms with Crippen LogP contribution < -0.4 is 5.11 Å². The Bertz CT molecular complexity index is 742. The van der Waals surface area contributed by atoms with E-state index in [1.165, 1.54) is 11.8 Å². The van der Waals surface area contributed by atoms with E-state index in [4.69, 9.17) is 16.6 Å². The average Bonchev–Trinajstić information content (AvgIpc) is 3.00. The van der Waals surface area contributed by atoms with Crippen LogP contribution in [0.1, 0.15) is 37.2 Å². The Labute approximate surface area is 160 Å². The van der Waals surface area contributed by atoms with E-state index in [0.717, 1.165) is 28.8 Å². The number of nitrogens with zero attached hydrogens (tertiary/aromatic N) is 1. The van der Waals surface area contributed by atoms with E-state index in [2.05, 4.69) is 6.92 Å². The number of carboxylic acid groups (broad SMARTS) is 1. The van der Waals surface area contributed by atoms with Gasteiger partial charge in [-0.3, -0.25) is 9.69 Å². The highest BCUT2D eigenvalue weighted by Crippen LogP contribution is 2.47. The molecular weight excluding hydrogens is 378 g/mol. The first-order valence-corrected chi connectivity index (χ1v) is 10.6. The lowest BCUT2D eigenvalue weighted by molar-refractivity contribution is -0.310. The molecule has 3 atom stereocenters. The molecular formula is C17H18NO4S3-. The summed E-state index contributed by atoms with van der Waals surface area (Å²) in [5, 5.41) is 11.4. The van der Waals surface area contributed by atoms with Crippen molar-refractivity contribution in [3.8, 4) is 0 Å². The molecule has 25 heavy (non-hydrogen) atoms. The Kier molecular flexibility index (Phi) is 5.60. The summed E-state index contributed by atoms with van der Waals surface area (Å²) in [7, 11) is 0. The van der Waals surface area contributed by atoms with Crippen molar-refractivity contribution >= 4 is 58.0 Å². The van der Waals surface area contributed by atoms with Gasteiger partial charge < -0.3 is 14.3 Å². The van der Waals surface area contributed by atoms with Crippen molar-refractivity contribution in [2.45, 2.75) is 31.7 Å². The molecule has 1 aromatic heterocycles. The normalized spacial score (nSPS) is 25.7.